The molecular weight excluding hydrogens is 320 g/mol. The first-order chi connectivity index (χ1) is 11.8. The molecule has 1 fully saturated rings. The lowest BCUT2D eigenvalue weighted by Gasteiger charge is -2.21. The van der Waals surface area contributed by atoms with Gasteiger partial charge < -0.3 is 5.32 Å². The minimum atomic E-state index is -0.439. The molecule has 3 rings (SSSR count). The van der Waals surface area contributed by atoms with Crippen LogP contribution in [0.5, 0.6) is 0 Å². The van der Waals surface area contributed by atoms with Crippen LogP contribution in [0.25, 0.3) is 0 Å². The summed E-state index contributed by atoms with van der Waals surface area (Å²) in [6, 6.07) is 3.43. The number of nitrogens with one attached hydrogen (secondary N) is 2. The van der Waals surface area contributed by atoms with Crippen LogP contribution < -0.4 is 5.32 Å². The lowest BCUT2D eigenvalue weighted by Crippen LogP contribution is -2.27. The first kappa shape index (κ1) is 17.3. The van der Waals surface area contributed by atoms with Crippen LogP contribution in [0.15, 0.2) is 24.5 Å². The molecule has 1 aliphatic rings. The van der Waals surface area contributed by atoms with Crippen LogP contribution in [0.4, 0.5) is 11.5 Å². The first-order valence-electron chi connectivity index (χ1n) is 8.45. The molecule has 0 amide bonds. The molecule has 2 aromatic rings. The van der Waals surface area contributed by atoms with Crippen LogP contribution in [-0.4, -0.2) is 44.1 Å². The molecule has 8 heteroatoms. The normalized spacial score (nSPS) is 18.4. The van der Waals surface area contributed by atoms with Crippen molar-refractivity contribution < 1.29 is 4.92 Å². The number of aromatic amines is 1. The van der Waals surface area contributed by atoms with Crippen LogP contribution in [0.2, 0.25) is 0 Å². The number of pyridine rings is 1. The summed E-state index contributed by atoms with van der Waals surface area (Å²) in [6.07, 6.45) is 4.22. The lowest BCUT2D eigenvalue weighted by molar-refractivity contribution is -0.385. The maximum absolute atomic E-state index is 10.7. The molecule has 25 heavy (non-hydrogen) atoms. The van der Waals surface area contributed by atoms with Crippen molar-refractivity contribution in [3.63, 3.8) is 0 Å². The number of hydrogen-bond donors (Lipinski definition) is 2. The molecule has 0 unspecified atom stereocenters. The van der Waals surface area contributed by atoms with E-state index in [1.165, 1.54) is 23.5 Å². The minimum Gasteiger partial charge on any atom is -0.366 e. The van der Waals surface area contributed by atoms with E-state index in [-0.39, 0.29) is 11.1 Å². The molecule has 0 bridgehead atoms. The molecule has 1 aliphatic heterocycles. The van der Waals surface area contributed by atoms with Crippen LogP contribution in [0.1, 0.15) is 38.4 Å². The standard InChI is InChI=1S/C17H24N6O2/c1-17(2,3)16-12(8-19-21-16)10-22-7-6-13(11-22)20-15-5-4-14(9-18-15)23(24)25/h4-5,8-9,13H,6-7,10-11H2,1-3H3,(H,18,20)(H,19,21)/t13-/m1/s1. The summed E-state index contributed by atoms with van der Waals surface area (Å²) >= 11 is 0. The van der Waals surface area contributed by atoms with E-state index in [0.29, 0.717) is 11.9 Å². The summed E-state index contributed by atoms with van der Waals surface area (Å²) < 4.78 is 0. The minimum absolute atomic E-state index is 0.00765. The van der Waals surface area contributed by atoms with Gasteiger partial charge in [-0.1, -0.05) is 20.8 Å². The molecule has 0 radical (unpaired) electrons. The second-order valence-electron chi connectivity index (χ2n) is 7.54. The van der Waals surface area contributed by atoms with Gasteiger partial charge >= 0.3 is 0 Å². The molecule has 1 saturated heterocycles. The SMILES string of the molecule is CC(C)(C)c1[nH]ncc1CN1CC[C@@H](Nc2ccc([N+](=O)[O-])cn2)C1. The third-order valence-corrected chi connectivity index (χ3v) is 4.44. The van der Waals surface area contributed by atoms with Crippen molar-refractivity contribution in [2.45, 2.75) is 45.2 Å². The molecule has 0 aromatic carbocycles. The third-order valence-electron chi connectivity index (χ3n) is 4.44. The molecule has 134 valence electrons. The second kappa shape index (κ2) is 6.79. The quantitative estimate of drug-likeness (QED) is 0.639. The van der Waals surface area contributed by atoms with E-state index < -0.39 is 4.92 Å². The molecule has 2 N–H and O–H groups in total. The summed E-state index contributed by atoms with van der Waals surface area (Å²) in [6.45, 7) is 9.32. The molecule has 2 aromatic heterocycles. The Labute approximate surface area is 146 Å². The first-order valence-corrected chi connectivity index (χ1v) is 8.45. The van der Waals surface area contributed by atoms with E-state index in [9.17, 15) is 10.1 Å². The topological polar surface area (TPSA) is 100.0 Å². The fourth-order valence-electron chi connectivity index (χ4n) is 3.20. The highest BCUT2D eigenvalue weighted by Gasteiger charge is 2.26. The predicted octanol–water partition coefficient (Wildman–Crippen LogP) is 2.70. The van der Waals surface area contributed by atoms with Crippen LogP contribution >= 0.6 is 0 Å². The molecule has 0 spiro atoms. The average Bonchev–Trinajstić information content (AvgIpc) is 3.17. The van der Waals surface area contributed by atoms with Gasteiger partial charge in [0.2, 0.25) is 0 Å². The van der Waals surface area contributed by atoms with E-state index in [0.717, 1.165) is 26.1 Å². The van der Waals surface area contributed by atoms with Gasteiger partial charge in [0, 0.05) is 48.4 Å². The molecule has 0 saturated carbocycles. The highest BCUT2D eigenvalue weighted by atomic mass is 16.6. The van der Waals surface area contributed by atoms with Crippen molar-refractivity contribution in [2.24, 2.45) is 0 Å². The number of nitro groups is 1. The van der Waals surface area contributed by atoms with Crippen molar-refractivity contribution in [1.29, 1.82) is 0 Å². The third kappa shape index (κ3) is 4.14. The molecule has 0 aliphatic carbocycles. The van der Waals surface area contributed by atoms with Gasteiger partial charge in [-0.15, -0.1) is 0 Å². The van der Waals surface area contributed by atoms with Gasteiger partial charge in [-0.25, -0.2) is 4.98 Å². The van der Waals surface area contributed by atoms with Crippen LogP contribution in [0, 0.1) is 10.1 Å². The van der Waals surface area contributed by atoms with E-state index in [1.54, 1.807) is 6.07 Å². The van der Waals surface area contributed by atoms with Crippen molar-refractivity contribution in [1.82, 2.24) is 20.1 Å². The Morgan fingerprint density at radius 1 is 1.40 bits per heavy atom. The number of likely N-dealkylation sites (tertiary alicyclic amines) is 1. The molecular formula is C17H24N6O2. The number of nitrogens with zero attached hydrogens (tertiary/aromatic N) is 4. The summed E-state index contributed by atoms with van der Waals surface area (Å²) in [5.74, 6) is 0.677. The molecule has 8 nitrogen and oxygen atoms in total. The maximum Gasteiger partial charge on any atom is 0.287 e. The highest BCUT2D eigenvalue weighted by Crippen LogP contribution is 2.26. The van der Waals surface area contributed by atoms with Crippen molar-refractivity contribution in [3.05, 3.63) is 45.9 Å². The molecule has 3 heterocycles. The largest absolute Gasteiger partial charge is 0.366 e. The fraction of sp³-hybridized carbons (Fsp3) is 0.529. The van der Waals surface area contributed by atoms with E-state index >= 15 is 0 Å². The Kier molecular flexibility index (Phi) is 4.71. The molecule has 1 atom stereocenters. The van der Waals surface area contributed by atoms with Crippen molar-refractivity contribution >= 4 is 11.5 Å². The Morgan fingerprint density at radius 2 is 2.20 bits per heavy atom. The Bertz CT molecular complexity index is 734. The zero-order chi connectivity index (χ0) is 18.0. The summed E-state index contributed by atoms with van der Waals surface area (Å²) in [5, 5.41) is 21.4. The monoisotopic (exact) mass is 344 g/mol. The van der Waals surface area contributed by atoms with Crippen LogP contribution in [0.3, 0.4) is 0 Å². The summed E-state index contributed by atoms with van der Waals surface area (Å²) in [5.41, 5.74) is 2.47. The number of rotatable bonds is 5. The Balaban J connectivity index is 1.57. The number of aromatic nitrogens is 3. The smallest absolute Gasteiger partial charge is 0.287 e. The van der Waals surface area contributed by atoms with Gasteiger partial charge in [-0.3, -0.25) is 20.1 Å². The van der Waals surface area contributed by atoms with E-state index in [4.69, 9.17) is 0 Å². The number of H-pyrrole nitrogens is 1. The highest BCUT2D eigenvalue weighted by molar-refractivity contribution is 5.41. The Hall–Kier alpha value is -2.48. The Morgan fingerprint density at radius 3 is 2.84 bits per heavy atom. The number of anilines is 1. The van der Waals surface area contributed by atoms with Crippen LogP contribution in [-0.2, 0) is 12.0 Å². The van der Waals surface area contributed by atoms with Crippen molar-refractivity contribution in [3.8, 4) is 0 Å². The van der Waals surface area contributed by atoms with Gasteiger partial charge in [0.1, 0.15) is 12.0 Å². The van der Waals surface area contributed by atoms with E-state index in [2.05, 4.69) is 46.2 Å². The van der Waals surface area contributed by atoms with E-state index in [1.807, 2.05) is 6.20 Å². The summed E-state index contributed by atoms with van der Waals surface area (Å²) in [4.78, 5) is 16.8. The predicted molar refractivity (Wildman–Crippen MR) is 95.5 cm³/mol. The van der Waals surface area contributed by atoms with Gasteiger partial charge in [0.25, 0.3) is 5.69 Å². The van der Waals surface area contributed by atoms with Gasteiger partial charge in [-0.2, -0.15) is 5.10 Å². The van der Waals surface area contributed by atoms with Gasteiger partial charge in [0.05, 0.1) is 11.1 Å². The zero-order valence-electron chi connectivity index (χ0n) is 14.8. The second-order valence-corrected chi connectivity index (χ2v) is 7.54. The number of hydrogen-bond acceptors (Lipinski definition) is 6. The zero-order valence-corrected chi connectivity index (χ0v) is 14.8. The fourth-order valence-corrected chi connectivity index (χ4v) is 3.20. The summed E-state index contributed by atoms with van der Waals surface area (Å²) in [7, 11) is 0. The van der Waals surface area contributed by atoms with Gasteiger partial charge in [-0.05, 0) is 12.5 Å². The van der Waals surface area contributed by atoms with Crippen molar-refractivity contribution in [2.75, 3.05) is 18.4 Å². The van der Waals surface area contributed by atoms with Gasteiger partial charge in [0.15, 0.2) is 0 Å². The average molecular weight is 344 g/mol. The lowest BCUT2D eigenvalue weighted by atomic mass is 9.89. The maximum atomic E-state index is 10.7.